The monoisotopic (exact) mass is 361 g/mol. The number of fused-ring (bicyclic) bond motifs is 1. The molecule has 6 heteroatoms. The molecule has 3 nitrogen and oxygen atoms in total. The maximum Gasteiger partial charge on any atom is 0.261 e. The Bertz CT molecular complexity index is 510. The molecular formula is C15H18BrF2NO2. The van der Waals surface area contributed by atoms with Gasteiger partial charge in [-0.1, -0.05) is 28.1 Å². The number of halogens is 3. The van der Waals surface area contributed by atoms with Crippen molar-refractivity contribution in [3.05, 3.63) is 29.3 Å². The number of benzene rings is 1. The highest BCUT2D eigenvalue weighted by molar-refractivity contribution is 9.09. The molecule has 1 unspecified atom stereocenters. The summed E-state index contributed by atoms with van der Waals surface area (Å²) in [5.74, 6) is 0.131. The van der Waals surface area contributed by atoms with Crippen molar-refractivity contribution in [2.24, 2.45) is 0 Å². The molecule has 1 aliphatic heterocycles. The Balaban J connectivity index is 1.96. The molecule has 0 radical (unpaired) electrons. The number of aryl methyl sites for hydroxylation is 1. The predicted octanol–water partition coefficient (Wildman–Crippen LogP) is 3.70. The van der Waals surface area contributed by atoms with E-state index in [1.165, 1.54) is 0 Å². The average Bonchev–Trinajstić information content (AvgIpc) is 2.46. The normalized spacial score (nSPS) is 16.2. The van der Waals surface area contributed by atoms with E-state index in [1.54, 1.807) is 11.9 Å². The molecule has 0 fully saturated rings. The summed E-state index contributed by atoms with van der Waals surface area (Å²) in [7, 11) is 1.78. The fourth-order valence-electron chi connectivity index (χ4n) is 2.40. The van der Waals surface area contributed by atoms with E-state index in [0.717, 1.165) is 23.2 Å². The van der Waals surface area contributed by atoms with Crippen molar-refractivity contribution in [1.82, 2.24) is 0 Å². The SMILES string of the molecule is CN1C(=O)CCc2cc(C(Br)CCOCC(F)F)ccc21. The first-order valence-corrected chi connectivity index (χ1v) is 7.80. The van der Waals surface area contributed by atoms with Crippen molar-refractivity contribution in [2.45, 2.75) is 30.5 Å². The second-order valence-electron chi connectivity index (χ2n) is 5.06. The lowest BCUT2D eigenvalue weighted by molar-refractivity contribution is -0.118. The van der Waals surface area contributed by atoms with E-state index in [2.05, 4.69) is 22.0 Å². The Morgan fingerprint density at radius 1 is 1.38 bits per heavy atom. The van der Waals surface area contributed by atoms with E-state index in [9.17, 15) is 13.6 Å². The van der Waals surface area contributed by atoms with Gasteiger partial charge in [0.2, 0.25) is 5.91 Å². The summed E-state index contributed by atoms with van der Waals surface area (Å²) in [5.41, 5.74) is 3.17. The Hall–Kier alpha value is -1.01. The Kier molecular flexibility index (Phi) is 5.70. The molecule has 1 aromatic rings. The molecule has 2 rings (SSSR count). The third kappa shape index (κ3) is 4.23. The molecule has 1 atom stereocenters. The Morgan fingerprint density at radius 2 is 2.14 bits per heavy atom. The molecule has 0 aliphatic carbocycles. The van der Waals surface area contributed by atoms with Gasteiger partial charge in [0, 0.05) is 30.6 Å². The maximum atomic E-state index is 12.0. The molecule has 1 aromatic carbocycles. The highest BCUT2D eigenvalue weighted by Crippen LogP contribution is 2.33. The van der Waals surface area contributed by atoms with E-state index < -0.39 is 13.0 Å². The summed E-state index contributed by atoms with van der Waals surface area (Å²) in [6, 6.07) is 5.97. The zero-order valence-corrected chi connectivity index (χ0v) is 13.4. The van der Waals surface area contributed by atoms with Crippen LogP contribution in [-0.2, 0) is 16.0 Å². The fourth-order valence-corrected chi connectivity index (χ4v) is 2.87. The van der Waals surface area contributed by atoms with Crippen molar-refractivity contribution < 1.29 is 18.3 Å². The van der Waals surface area contributed by atoms with Gasteiger partial charge in [0.05, 0.1) is 0 Å². The summed E-state index contributed by atoms with van der Waals surface area (Å²) in [6.07, 6.45) is -0.526. The molecule has 1 aliphatic rings. The second kappa shape index (κ2) is 7.31. The van der Waals surface area contributed by atoms with Crippen LogP contribution >= 0.6 is 15.9 Å². The van der Waals surface area contributed by atoms with Gasteiger partial charge in [0.25, 0.3) is 6.43 Å². The van der Waals surface area contributed by atoms with Crippen molar-refractivity contribution >= 4 is 27.5 Å². The highest BCUT2D eigenvalue weighted by atomic mass is 79.9. The minimum Gasteiger partial charge on any atom is -0.375 e. The number of anilines is 1. The number of ether oxygens (including phenoxy) is 1. The van der Waals surface area contributed by atoms with Gasteiger partial charge in [-0.3, -0.25) is 4.79 Å². The standard InChI is InChI=1S/C15H18BrF2NO2/c1-19-13-4-2-10(8-11(13)3-5-15(19)20)12(16)6-7-21-9-14(17)18/h2,4,8,12,14H,3,5-7,9H2,1H3. The van der Waals surface area contributed by atoms with Crippen LogP contribution in [0.3, 0.4) is 0 Å². The van der Waals surface area contributed by atoms with Crippen LogP contribution in [0.5, 0.6) is 0 Å². The van der Waals surface area contributed by atoms with E-state index in [0.29, 0.717) is 12.8 Å². The van der Waals surface area contributed by atoms with E-state index in [1.807, 2.05) is 12.1 Å². The summed E-state index contributed by atoms with van der Waals surface area (Å²) in [5, 5.41) is 0. The third-order valence-electron chi connectivity index (χ3n) is 3.57. The van der Waals surface area contributed by atoms with E-state index in [4.69, 9.17) is 4.74 Å². The number of rotatable bonds is 6. The number of carbonyl (C=O) groups excluding carboxylic acids is 1. The fraction of sp³-hybridized carbons (Fsp3) is 0.533. The van der Waals surface area contributed by atoms with Crippen LogP contribution in [0.15, 0.2) is 18.2 Å². The summed E-state index contributed by atoms with van der Waals surface area (Å²) >= 11 is 3.56. The van der Waals surface area contributed by atoms with E-state index in [-0.39, 0.29) is 17.3 Å². The molecule has 0 bridgehead atoms. The molecule has 1 amide bonds. The van der Waals surface area contributed by atoms with Crippen molar-refractivity contribution in [3.63, 3.8) is 0 Å². The summed E-state index contributed by atoms with van der Waals surface area (Å²) in [4.78, 5) is 13.4. The van der Waals surface area contributed by atoms with Crippen LogP contribution < -0.4 is 4.90 Å². The van der Waals surface area contributed by atoms with Crippen LogP contribution in [0.2, 0.25) is 0 Å². The highest BCUT2D eigenvalue weighted by Gasteiger charge is 2.21. The minimum atomic E-state index is -2.42. The number of hydrogen-bond acceptors (Lipinski definition) is 2. The molecule has 0 saturated carbocycles. The van der Waals surface area contributed by atoms with Gasteiger partial charge >= 0.3 is 0 Å². The van der Waals surface area contributed by atoms with Gasteiger partial charge < -0.3 is 9.64 Å². The first-order valence-electron chi connectivity index (χ1n) is 6.88. The third-order valence-corrected chi connectivity index (χ3v) is 4.55. The van der Waals surface area contributed by atoms with Gasteiger partial charge in [0.1, 0.15) is 6.61 Å². The van der Waals surface area contributed by atoms with Crippen LogP contribution in [0.4, 0.5) is 14.5 Å². The molecule has 0 N–H and O–H groups in total. The lowest BCUT2D eigenvalue weighted by atomic mass is 9.97. The van der Waals surface area contributed by atoms with E-state index >= 15 is 0 Å². The molecule has 0 aromatic heterocycles. The molecule has 0 spiro atoms. The van der Waals surface area contributed by atoms with Crippen LogP contribution in [0, 0.1) is 0 Å². The first-order chi connectivity index (χ1) is 9.99. The molecule has 116 valence electrons. The topological polar surface area (TPSA) is 29.5 Å². The smallest absolute Gasteiger partial charge is 0.261 e. The summed E-state index contributed by atoms with van der Waals surface area (Å²) in [6.45, 7) is -0.230. The molecular weight excluding hydrogens is 344 g/mol. The number of carbonyl (C=O) groups is 1. The lowest BCUT2D eigenvalue weighted by Crippen LogP contribution is -2.31. The Labute approximate surface area is 131 Å². The largest absolute Gasteiger partial charge is 0.375 e. The summed E-state index contributed by atoms with van der Waals surface area (Å²) < 4.78 is 28.8. The van der Waals surface area contributed by atoms with Gasteiger partial charge in [-0.25, -0.2) is 8.78 Å². The lowest BCUT2D eigenvalue weighted by Gasteiger charge is -2.26. The first kappa shape index (κ1) is 16.4. The van der Waals surface area contributed by atoms with Gasteiger partial charge in [-0.2, -0.15) is 0 Å². The van der Waals surface area contributed by atoms with Crippen molar-refractivity contribution in [2.75, 3.05) is 25.2 Å². The maximum absolute atomic E-state index is 12.0. The molecule has 21 heavy (non-hydrogen) atoms. The molecule has 1 heterocycles. The van der Waals surface area contributed by atoms with Crippen molar-refractivity contribution in [3.8, 4) is 0 Å². The number of alkyl halides is 3. The van der Waals surface area contributed by atoms with Gasteiger partial charge in [-0.05, 0) is 30.0 Å². The van der Waals surface area contributed by atoms with Crippen LogP contribution in [0.1, 0.15) is 28.8 Å². The van der Waals surface area contributed by atoms with Gasteiger partial charge in [0.15, 0.2) is 0 Å². The average molecular weight is 362 g/mol. The van der Waals surface area contributed by atoms with Crippen molar-refractivity contribution in [1.29, 1.82) is 0 Å². The quantitative estimate of drug-likeness (QED) is 0.571. The number of amides is 1. The zero-order chi connectivity index (χ0) is 15.4. The minimum absolute atomic E-state index is 0.0587. The van der Waals surface area contributed by atoms with Gasteiger partial charge in [-0.15, -0.1) is 0 Å². The van der Waals surface area contributed by atoms with Crippen LogP contribution in [0.25, 0.3) is 0 Å². The second-order valence-corrected chi connectivity index (χ2v) is 6.17. The number of hydrogen-bond donors (Lipinski definition) is 0. The Morgan fingerprint density at radius 3 is 2.86 bits per heavy atom. The van der Waals surface area contributed by atoms with Crippen LogP contribution in [-0.4, -0.2) is 32.6 Å². The molecule has 0 saturated heterocycles. The predicted molar refractivity (Wildman–Crippen MR) is 81.3 cm³/mol. The zero-order valence-electron chi connectivity index (χ0n) is 11.8. The number of nitrogens with zero attached hydrogens (tertiary/aromatic N) is 1.